The van der Waals surface area contributed by atoms with E-state index < -0.39 is 6.10 Å². The van der Waals surface area contributed by atoms with Gasteiger partial charge >= 0.3 is 0 Å². The highest BCUT2D eigenvalue weighted by molar-refractivity contribution is 5.20. The maximum atomic E-state index is 10.1. The van der Waals surface area contributed by atoms with Crippen LogP contribution in [-0.4, -0.2) is 78.6 Å². The van der Waals surface area contributed by atoms with Crippen molar-refractivity contribution in [2.45, 2.75) is 19.6 Å². The Morgan fingerprint density at radius 2 is 1.73 bits per heavy atom. The third-order valence-electron chi connectivity index (χ3n) is 4.05. The van der Waals surface area contributed by atoms with Gasteiger partial charge in [-0.3, -0.25) is 9.80 Å². The lowest BCUT2D eigenvalue weighted by Gasteiger charge is -2.35. The first-order valence-corrected chi connectivity index (χ1v) is 8.04. The number of hydrogen-bond acceptors (Lipinski definition) is 5. The van der Waals surface area contributed by atoms with Gasteiger partial charge in [-0.15, -0.1) is 0 Å². The molecular weight excluding hydrogens is 280 g/mol. The largest absolute Gasteiger partial charge is 0.395 e. The standard InChI is InChI=1S/C17H28N2O3/c1-15-2-4-16(5-3-15)13-22-14-17(21)12-19-8-6-18(7-9-19)10-11-20/h2-5,17,20-21H,6-14H2,1H3/t17-/m0/s1. The molecule has 22 heavy (non-hydrogen) atoms. The fourth-order valence-corrected chi connectivity index (χ4v) is 2.68. The SMILES string of the molecule is Cc1ccc(COC[C@@H](O)CN2CCN(CCO)CC2)cc1. The number of aliphatic hydroxyl groups excluding tert-OH is 2. The molecule has 124 valence electrons. The Bertz CT molecular complexity index is 416. The lowest BCUT2D eigenvalue weighted by Crippen LogP contribution is -2.49. The van der Waals surface area contributed by atoms with Crippen molar-refractivity contribution in [3.05, 3.63) is 35.4 Å². The van der Waals surface area contributed by atoms with Crippen molar-refractivity contribution in [2.24, 2.45) is 0 Å². The highest BCUT2D eigenvalue weighted by Crippen LogP contribution is 2.06. The molecule has 0 aromatic heterocycles. The second-order valence-electron chi connectivity index (χ2n) is 6.02. The number of ether oxygens (including phenoxy) is 1. The van der Waals surface area contributed by atoms with Crippen LogP contribution < -0.4 is 0 Å². The summed E-state index contributed by atoms with van der Waals surface area (Å²) in [6.45, 7) is 8.38. The number of piperazine rings is 1. The van der Waals surface area contributed by atoms with Gasteiger partial charge in [-0.2, -0.15) is 0 Å². The molecule has 1 heterocycles. The first kappa shape index (κ1) is 17.4. The Hall–Kier alpha value is -0.980. The van der Waals surface area contributed by atoms with Crippen LogP contribution in [0.5, 0.6) is 0 Å². The predicted molar refractivity (Wildman–Crippen MR) is 86.8 cm³/mol. The van der Waals surface area contributed by atoms with Gasteiger partial charge in [0.1, 0.15) is 0 Å². The molecule has 0 saturated carbocycles. The lowest BCUT2D eigenvalue weighted by molar-refractivity contribution is 0.000518. The molecule has 0 unspecified atom stereocenters. The van der Waals surface area contributed by atoms with Crippen molar-refractivity contribution in [2.75, 3.05) is 52.5 Å². The minimum Gasteiger partial charge on any atom is -0.395 e. The minimum absolute atomic E-state index is 0.218. The fraction of sp³-hybridized carbons (Fsp3) is 0.647. The van der Waals surface area contributed by atoms with E-state index in [1.165, 1.54) is 5.56 Å². The van der Waals surface area contributed by atoms with Crippen molar-refractivity contribution in [3.63, 3.8) is 0 Å². The van der Waals surface area contributed by atoms with Crippen molar-refractivity contribution in [3.8, 4) is 0 Å². The molecule has 0 radical (unpaired) electrons. The van der Waals surface area contributed by atoms with Crippen LogP contribution in [0.2, 0.25) is 0 Å². The molecule has 5 heteroatoms. The summed E-state index contributed by atoms with van der Waals surface area (Å²) in [6, 6.07) is 8.26. The summed E-state index contributed by atoms with van der Waals surface area (Å²) < 4.78 is 5.60. The molecule has 0 bridgehead atoms. The topological polar surface area (TPSA) is 56.2 Å². The molecule has 1 aliphatic rings. The molecule has 0 amide bonds. The summed E-state index contributed by atoms with van der Waals surface area (Å²) in [5.74, 6) is 0. The van der Waals surface area contributed by atoms with Crippen LogP contribution >= 0.6 is 0 Å². The summed E-state index contributed by atoms with van der Waals surface area (Å²) >= 11 is 0. The van der Waals surface area contributed by atoms with E-state index in [9.17, 15) is 5.11 Å². The predicted octanol–water partition coefficient (Wildman–Crippen LogP) is 0.482. The molecule has 1 aromatic carbocycles. The number of rotatable bonds is 8. The van der Waals surface area contributed by atoms with Crippen molar-refractivity contribution in [1.29, 1.82) is 0 Å². The van der Waals surface area contributed by atoms with E-state index in [4.69, 9.17) is 9.84 Å². The molecule has 1 saturated heterocycles. The summed E-state index contributed by atoms with van der Waals surface area (Å²) in [4.78, 5) is 4.50. The molecule has 0 spiro atoms. The van der Waals surface area contributed by atoms with Gasteiger partial charge in [-0.05, 0) is 12.5 Å². The fourth-order valence-electron chi connectivity index (χ4n) is 2.68. The zero-order chi connectivity index (χ0) is 15.8. The Morgan fingerprint density at radius 1 is 1.09 bits per heavy atom. The molecule has 1 fully saturated rings. The zero-order valence-electron chi connectivity index (χ0n) is 13.4. The van der Waals surface area contributed by atoms with Gasteiger partial charge in [0.15, 0.2) is 0 Å². The maximum absolute atomic E-state index is 10.1. The minimum atomic E-state index is -0.449. The molecule has 1 atom stereocenters. The van der Waals surface area contributed by atoms with Gasteiger partial charge in [0, 0.05) is 39.3 Å². The zero-order valence-corrected chi connectivity index (χ0v) is 13.4. The van der Waals surface area contributed by atoms with E-state index in [1.807, 2.05) is 0 Å². The van der Waals surface area contributed by atoms with Crippen LogP contribution in [0.25, 0.3) is 0 Å². The highest BCUT2D eigenvalue weighted by atomic mass is 16.5. The lowest BCUT2D eigenvalue weighted by atomic mass is 10.2. The van der Waals surface area contributed by atoms with Gasteiger partial charge in [-0.1, -0.05) is 29.8 Å². The third kappa shape index (κ3) is 6.02. The van der Waals surface area contributed by atoms with Crippen LogP contribution in [0, 0.1) is 6.92 Å². The van der Waals surface area contributed by atoms with Gasteiger partial charge < -0.3 is 14.9 Å². The maximum Gasteiger partial charge on any atom is 0.0900 e. The first-order chi connectivity index (χ1) is 10.7. The summed E-state index contributed by atoms with van der Waals surface area (Å²) in [6.07, 6.45) is -0.449. The Labute approximate surface area is 133 Å². The number of benzene rings is 1. The normalized spacial score (nSPS) is 18.5. The molecule has 5 nitrogen and oxygen atoms in total. The van der Waals surface area contributed by atoms with E-state index in [0.717, 1.165) is 38.3 Å². The van der Waals surface area contributed by atoms with Gasteiger partial charge in [0.05, 0.1) is 25.9 Å². The summed E-state index contributed by atoms with van der Waals surface area (Å²) in [5, 5.41) is 19.0. The van der Waals surface area contributed by atoms with Crippen LogP contribution in [-0.2, 0) is 11.3 Å². The first-order valence-electron chi connectivity index (χ1n) is 8.04. The number of β-amino-alcohol motifs (C(OH)–C–C–N with tert-alkyl or cyclic N) is 2. The van der Waals surface area contributed by atoms with Crippen molar-refractivity contribution < 1.29 is 14.9 Å². The Kier molecular flexibility index (Phi) is 7.29. The summed E-state index contributed by atoms with van der Waals surface area (Å²) in [7, 11) is 0. The van der Waals surface area contributed by atoms with E-state index in [-0.39, 0.29) is 6.61 Å². The van der Waals surface area contributed by atoms with E-state index in [0.29, 0.717) is 19.8 Å². The second-order valence-corrected chi connectivity index (χ2v) is 6.02. The molecule has 2 N–H and O–H groups in total. The Morgan fingerprint density at radius 3 is 2.36 bits per heavy atom. The van der Waals surface area contributed by atoms with Crippen LogP contribution in [0.4, 0.5) is 0 Å². The molecule has 2 rings (SSSR count). The average molecular weight is 308 g/mol. The van der Waals surface area contributed by atoms with Crippen LogP contribution in [0.3, 0.4) is 0 Å². The van der Waals surface area contributed by atoms with E-state index in [1.54, 1.807) is 0 Å². The molecule has 1 aromatic rings. The Balaban J connectivity index is 1.60. The summed E-state index contributed by atoms with van der Waals surface area (Å²) in [5.41, 5.74) is 2.37. The number of nitrogens with zero attached hydrogens (tertiary/aromatic N) is 2. The van der Waals surface area contributed by atoms with E-state index in [2.05, 4.69) is 41.0 Å². The monoisotopic (exact) mass is 308 g/mol. The van der Waals surface area contributed by atoms with Crippen LogP contribution in [0.15, 0.2) is 24.3 Å². The third-order valence-corrected chi connectivity index (χ3v) is 4.05. The molecule has 1 aliphatic heterocycles. The average Bonchev–Trinajstić information content (AvgIpc) is 2.51. The van der Waals surface area contributed by atoms with Crippen LogP contribution in [0.1, 0.15) is 11.1 Å². The van der Waals surface area contributed by atoms with Crippen molar-refractivity contribution >= 4 is 0 Å². The van der Waals surface area contributed by atoms with Crippen molar-refractivity contribution in [1.82, 2.24) is 9.80 Å². The van der Waals surface area contributed by atoms with Gasteiger partial charge in [0.25, 0.3) is 0 Å². The van der Waals surface area contributed by atoms with Gasteiger partial charge in [-0.25, -0.2) is 0 Å². The smallest absolute Gasteiger partial charge is 0.0900 e. The van der Waals surface area contributed by atoms with Gasteiger partial charge in [0.2, 0.25) is 0 Å². The number of aryl methyl sites for hydroxylation is 1. The quantitative estimate of drug-likeness (QED) is 0.732. The second kappa shape index (κ2) is 9.22. The van der Waals surface area contributed by atoms with E-state index >= 15 is 0 Å². The number of hydrogen-bond donors (Lipinski definition) is 2. The molecule has 0 aliphatic carbocycles. The molecular formula is C17H28N2O3. The highest BCUT2D eigenvalue weighted by Gasteiger charge is 2.18. The number of aliphatic hydroxyl groups is 2.